The SMILES string of the molecule is CCNC(=O)CCCC(O)c1cc(C)ccc1C. The zero-order valence-corrected chi connectivity index (χ0v) is 11.5. The van der Waals surface area contributed by atoms with E-state index < -0.39 is 6.10 Å². The maximum atomic E-state index is 11.3. The van der Waals surface area contributed by atoms with Crippen LogP contribution in [0.3, 0.4) is 0 Å². The molecule has 1 rings (SSSR count). The van der Waals surface area contributed by atoms with Crippen LogP contribution in [0.1, 0.15) is 49.0 Å². The Morgan fingerprint density at radius 1 is 1.39 bits per heavy atom. The van der Waals surface area contributed by atoms with Crippen molar-refractivity contribution < 1.29 is 9.90 Å². The molecule has 1 amide bonds. The van der Waals surface area contributed by atoms with Gasteiger partial charge in [0.15, 0.2) is 0 Å². The molecule has 0 saturated heterocycles. The van der Waals surface area contributed by atoms with Crippen LogP contribution in [0.5, 0.6) is 0 Å². The number of carbonyl (C=O) groups is 1. The first kappa shape index (κ1) is 14.7. The van der Waals surface area contributed by atoms with Crippen molar-refractivity contribution >= 4 is 5.91 Å². The fourth-order valence-corrected chi connectivity index (χ4v) is 2.02. The number of nitrogens with one attached hydrogen (secondary N) is 1. The van der Waals surface area contributed by atoms with Gasteiger partial charge in [-0.05, 0) is 44.7 Å². The fraction of sp³-hybridized carbons (Fsp3) is 0.533. The second kappa shape index (κ2) is 7.17. The number of amides is 1. The summed E-state index contributed by atoms with van der Waals surface area (Å²) in [7, 11) is 0. The van der Waals surface area contributed by atoms with Crippen molar-refractivity contribution in [1.82, 2.24) is 5.32 Å². The smallest absolute Gasteiger partial charge is 0.219 e. The van der Waals surface area contributed by atoms with Gasteiger partial charge in [-0.25, -0.2) is 0 Å². The predicted octanol–water partition coefficient (Wildman–Crippen LogP) is 2.64. The molecule has 100 valence electrons. The molecule has 0 aliphatic heterocycles. The predicted molar refractivity (Wildman–Crippen MR) is 73.4 cm³/mol. The average molecular weight is 249 g/mol. The lowest BCUT2D eigenvalue weighted by atomic mass is 9.97. The Hall–Kier alpha value is -1.35. The van der Waals surface area contributed by atoms with Gasteiger partial charge in [0.1, 0.15) is 0 Å². The number of hydrogen-bond donors (Lipinski definition) is 2. The zero-order valence-electron chi connectivity index (χ0n) is 11.5. The van der Waals surface area contributed by atoms with Crippen molar-refractivity contribution in [2.24, 2.45) is 0 Å². The van der Waals surface area contributed by atoms with Crippen molar-refractivity contribution in [2.75, 3.05) is 6.54 Å². The van der Waals surface area contributed by atoms with Gasteiger partial charge in [-0.2, -0.15) is 0 Å². The molecule has 1 aromatic carbocycles. The van der Waals surface area contributed by atoms with Crippen LogP contribution in [0.2, 0.25) is 0 Å². The third kappa shape index (κ3) is 4.49. The number of aliphatic hydroxyl groups excluding tert-OH is 1. The molecule has 0 aliphatic rings. The van der Waals surface area contributed by atoms with Crippen LogP contribution >= 0.6 is 0 Å². The minimum Gasteiger partial charge on any atom is -0.388 e. The molecule has 0 heterocycles. The van der Waals surface area contributed by atoms with Crippen LogP contribution in [-0.2, 0) is 4.79 Å². The second-order valence-corrected chi connectivity index (χ2v) is 4.72. The van der Waals surface area contributed by atoms with E-state index >= 15 is 0 Å². The lowest BCUT2D eigenvalue weighted by molar-refractivity contribution is -0.121. The third-order valence-corrected chi connectivity index (χ3v) is 3.05. The highest BCUT2D eigenvalue weighted by Gasteiger charge is 2.11. The quantitative estimate of drug-likeness (QED) is 0.814. The summed E-state index contributed by atoms with van der Waals surface area (Å²) in [6.07, 6.45) is 1.34. The van der Waals surface area contributed by atoms with Crippen molar-refractivity contribution in [3.63, 3.8) is 0 Å². The van der Waals surface area contributed by atoms with E-state index in [1.807, 2.05) is 39.0 Å². The first-order chi connectivity index (χ1) is 8.54. The van der Waals surface area contributed by atoms with Crippen LogP contribution in [0.25, 0.3) is 0 Å². The highest BCUT2D eigenvalue weighted by atomic mass is 16.3. The number of hydrogen-bond acceptors (Lipinski definition) is 2. The summed E-state index contributed by atoms with van der Waals surface area (Å²) in [5, 5.41) is 12.9. The molecule has 1 aromatic rings. The first-order valence-electron chi connectivity index (χ1n) is 6.56. The molecule has 0 fully saturated rings. The van der Waals surface area contributed by atoms with Gasteiger partial charge < -0.3 is 10.4 Å². The van der Waals surface area contributed by atoms with Crippen LogP contribution in [0, 0.1) is 13.8 Å². The van der Waals surface area contributed by atoms with Gasteiger partial charge in [-0.15, -0.1) is 0 Å². The van der Waals surface area contributed by atoms with Gasteiger partial charge in [0.05, 0.1) is 6.10 Å². The van der Waals surface area contributed by atoms with E-state index in [0.29, 0.717) is 25.8 Å². The zero-order chi connectivity index (χ0) is 13.5. The van der Waals surface area contributed by atoms with E-state index in [1.54, 1.807) is 0 Å². The molecule has 3 heteroatoms. The molecule has 0 saturated carbocycles. The van der Waals surface area contributed by atoms with Crippen LogP contribution in [0.15, 0.2) is 18.2 Å². The highest BCUT2D eigenvalue weighted by Crippen LogP contribution is 2.23. The van der Waals surface area contributed by atoms with Gasteiger partial charge in [0.25, 0.3) is 0 Å². The summed E-state index contributed by atoms with van der Waals surface area (Å²) in [6, 6.07) is 6.09. The molecule has 0 aliphatic carbocycles. The monoisotopic (exact) mass is 249 g/mol. The number of rotatable bonds is 6. The van der Waals surface area contributed by atoms with Crippen molar-refractivity contribution in [2.45, 2.75) is 46.1 Å². The highest BCUT2D eigenvalue weighted by molar-refractivity contribution is 5.75. The molecule has 18 heavy (non-hydrogen) atoms. The van der Waals surface area contributed by atoms with Crippen molar-refractivity contribution in [1.29, 1.82) is 0 Å². The Morgan fingerprint density at radius 3 is 2.78 bits per heavy atom. The molecule has 3 nitrogen and oxygen atoms in total. The minimum absolute atomic E-state index is 0.0608. The summed E-state index contributed by atoms with van der Waals surface area (Å²) in [5.41, 5.74) is 3.23. The minimum atomic E-state index is -0.473. The van der Waals surface area contributed by atoms with Gasteiger partial charge in [-0.3, -0.25) is 4.79 Å². The van der Waals surface area contributed by atoms with E-state index in [1.165, 1.54) is 0 Å². The standard InChI is InChI=1S/C15H23NO2/c1-4-16-15(18)7-5-6-14(17)13-10-11(2)8-9-12(13)3/h8-10,14,17H,4-7H2,1-3H3,(H,16,18). The van der Waals surface area contributed by atoms with Gasteiger partial charge in [0, 0.05) is 13.0 Å². The lowest BCUT2D eigenvalue weighted by Crippen LogP contribution is -2.22. The van der Waals surface area contributed by atoms with Gasteiger partial charge in [-0.1, -0.05) is 23.8 Å². The number of aryl methyl sites for hydroxylation is 2. The number of aliphatic hydroxyl groups is 1. The first-order valence-corrected chi connectivity index (χ1v) is 6.56. The van der Waals surface area contributed by atoms with Crippen molar-refractivity contribution in [3.05, 3.63) is 34.9 Å². The third-order valence-electron chi connectivity index (χ3n) is 3.05. The molecule has 2 N–H and O–H groups in total. The molecule has 1 unspecified atom stereocenters. The molecular formula is C15H23NO2. The van der Waals surface area contributed by atoms with E-state index in [9.17, 15) is 9.90 Å². The number of benzene rings is 1. The lowest BCUT2D eigenvalue weighted by Gasteiger charge is -2.14. The van der Waals surface area contributed by atoms with Crippen LogP contribution in [0.4, 0.5) is 0 Å². The summed E-state index contributed by atoms with van der Waals surface area (Å²) < 4.78 is 0. The molecule has 0 radical (unpaired) electrons. The molecule has 0 spiro atoms. The van der Waals surface area contributed by atoms with Gasteiger partial charge in [0.2, 0.25) is 5.91 Å². The van der Waals surface area contributed by atoms with Crippen LogP contribution < -0.4 is 5.32 Å². The van der Waals surface area contributed by atoms with Gasteiger partial charge >= 0.3 is 0 Å². The summed E-state index contributed by atoms with van der Waals surface area (Å²) in [6.45, 7) is 6.59. The normalized spacial score (nSPS) is 12.2. The van der Waals surface area contributed by atoms with Crippen molar-refractivity contribution in [3.8, 4) is 0 Å². The fourth-order valence-electron chi connectivity index (χ4n) is 2.02. The Morgan fingerprint density at radius 2 is 2.11 bits per heavy atom. The maximum absolute atomic E-state index is 11.3. The topological polar surface area (TPSA) is 49.3 Å². The Kier molecular flexibility index (Phi) is 5.86. The van der Waals surface area contributed by atoms with E-state index in [4.69, 9.17) is 0 Å². The van der Waals surface area contributed by atoms with E-state index in [2.05, 4.69) is 5.32 Å². The molecule has 0 bridgehead atoms. The second-order valence-electron chi connectivity index (χ2n) is 4.72. The molecule has 0 aromatic heterocycles. The Labute approximate surface area is 109 Å². The Balaban J connectivity index is 2.47. The average Bonchev–Trinajstić information content (AvgIpc) is 2.32. The molecular weight excluding hydrogens is 226 g/mol. The summed E-state index contributed by atoms with van der Waals surface area (Å²) >= 11 is 0. The van der Waals surface area contributed by atoms with Crippen LogP contribution in [-0.4, -0.2) is 17.6 Å². The number of carbonyl (C=O) groups excluding carboxylic acids is 1. The van der Waals surface area contributed by atoms with E-state index in [-0.39, 0.29) is 5.91 Å². The summed E-state index contributed by atoms with van der Waals surface area (Å²) in [4.78, 5) is 11.3. The Bertz CT molecular complexity index is 401. The van der Waals surface area contributed by atoms with E-state index in [0.717, 1.165) is 16.7 Å². The maximum Gasteiger partial charge on any atom is 0.219 e. The molecule has 1 atom stereocenters. The summed E-state index contributed by atoms with van der Waals surface area (Å²) in [5.74, 6) is 0.0608. The largest absolute Gasteiger partial charge is 0.388 e.